The highest BCUT2D eigenvalue weighted by atomic mass is 35.5. The summed E-state index contributed by atoms with van der Waals surface area (Å²) in [7, 11) is 4.05. The number of anilines is 1. The zero-order chi connectivity index (χ0) is 24.5. The van der Waals surface area contributed by atoms with Crippen molar-refractivity contribution in [1.82, 2.24) is 29.1 Å². The van der Waals surface area contributed by atoms with Crippen LogP contribution >= 0.6 is 11.6 Å². The molecule has 0 spiro atoms. The monoisotopic (exact) mass is 489 g/mol. The van der Waals surface area contributed by atoms with E-state index in [1.54, 1.807) is 11.5 Å². The van der Waals surface area contributed by atoms with E-state index in [2.05, 4.69) is 44.1 Å². The summed E-state index contributed by atoms with van der Waals surface area (Å²) < 4.78 is 3.43. The Morgan fingerprint density at radius 2 is 1.91 bits per heavy atom. The van der Waals surface area contributed by atoms with Crippen molar-refractivity contribution in [1.29, 1.82) is 0 Å². The number of aromatic nitrogens is 4. The van der Waals surface area contributed by atoms with Crippen LogP contribution in [0.15, 0.2) is 4.79 Å². The van der Waals surface area contributed by atoms with Crippen molar-refractivity contribution in [2.45, 2.75) is 78.3 Å². The lowest BCUT2D eigenvalue weighted by atomic mass is 9.86. The van der Waals surface area contributed by atoms with Gasteiger partial charge in [-0.1, -0.05) is 57.8 Å². The molecule has 1 saturated carbocycles. The third-order valence-corrected chi connectivity index (χ3v) is 7.07. The molecule has 0 saturated heterocycles. The highest BCUT2D eigenvalue weighted by molar-refractivity contribution is 6.28. The lowest BCUT2D eigenvalue weighted by Crippen LogP contribution is -2.39. The molecule has 0 aliphatic heterocycles. The van der Waals surface area contributed by atoms with Gasteiger partial charge in [-0.15, -0.1) is 5.92 Å². The number of halogens is 1. The van der Waals surface area contributed by atoms with Gasteiger partial charge in [-0.05, 0) is 30.9 Å². The molecule has 0 unspecified atom stereocenters. The van der Waals surface area contributed by atoms with Crippen LogP contribution in [-0.4, -0.2) is 62.8 Å². The van der Waals surface area contributed by atoms with Gasteiger partial charge in [-0.3, -0.25) is 13.9 Å². The fourth-order valence-electron chi connectivity index (χ4n) is 4.85. The Balaban J connectivity index is 1.76. The van der Waals surface area contributed by atoms with Crippen LogP contribution in [-0.2, 0) is 13.1 Å². The highest BCUT2D eigenvalue weighted by Gasteiger charge is 2.19. The number of rotatable bonds is 12. The molecule has 1 N–H and O–H groups in total. The zero-order valence-corrected chi connectivity index (χ0v) is 22.0. The quantitative estimate of drug-likeness (QED) is 0.208. The second-order valence-electron chi connectivity index (χ2n) is 9.28. The Morgan fingerprint density at radius 1 is 1.15 bits per heavy atom. The number of fused-ring (bicyclic) bond motifs is 1. The molecule has 188 valence electrons. The Hall–Kier alpha value is -2.08. The molecule has 2 aromatic heterocycles. The molecular weight excluding hydrogens is 450 g/mol. The van der Waals surface area contributed by atoms with E-state index in [9.17, 15) is 4.79 Å². The summed E-state index contributed by atoms with van der Waals surface area (Å²) in [5.41, 5.74) is 0.685. The van der Waals surface area contributed by atoms with Crippen LogP contribution < -0.4 is 10.9 Å². The van der Waals surface area contributed by atoms with Crippen LogP contribution in [0.1, 0.15) is 65.2 Å². The Labute approximate surface area is 208 Å². The molecule has 1 fully saturated rings. The average Bonchev–Trinajstić information content (AvgIpc) is 3.17. The van der Waals surface area contributed by atoms with Crippen molar-refractivity contribution >= 4 is 28.7 Å². The van der Waals surface area contributed by atoms with Crippen LogP contribution in [0, 0.1) is 17.8 Å². The minimum atomic E-state index is -0.144. The molecule has 0 amide bonds. The van der Waals surface area contributed by atoms with Crippen molar-refractivity contribution in [2.75, 3.05) is 39.0 Å². The van der Waals surface area contributed by atoms with E-state index >= 15 is 0 Å². The Morgan fingerprint density at radius 3 is 2.59 bits per heavy atom. The number of unbranched alkanes of at least 4 members (excludes halogenated alkanes) is 1. The SMILES string of the molecule is CC#CCn1c(NCCN(CC)N(C)C)nc2nc(Cl)n(CCCCC3CCCCC3)c(=O)c21. The number of hydrogen-bond donors (Lipinski definition) is 1. The number of nitrogens with one attached hydrogen (secondary N) is 1. The predicted molar refractivity (Wildman–Crippen MR) is 140 cm³/mol. The first-order valence-electron chi connectivity index (χ1n) is 12.7. The van der Waals surface area contributed by atoms with Crippen LogP contribution in [0.2, 0.25) is 5.28 Å². The van der Waals surface area contributed by atoms with Gasteiger partial charge in [0, 0.05) is 40.3 Å². The molecule has 0 bridgehead atoms. The summed E-state index contributed by atoms with van der Waals surface area (Å²) in [5.74, 6) is 7.43. The lowest BCUT2D eigenvalue weighted by molar-refractivity contribution is 0.0357. The number of hydrazine groups is 1. The highest BCUT2D eigenvalue weighted by Crippen LogP contribution is 2.28. The number of likely N-dealkylation sites (N-methyl/N-ethyl adjacent to an activating group) is 1. The molecule has 1 aliphatic rings. The number of nitrogens with zero attached hydrogens (tertiary/aromatic N) is 6. The maximum atomic E-state index is 13.4. The summed E-state index contributed by atoms with van der Waals surface area (Å²) in [5, 5.41) is 7.86. The fraction of sp³-hybridized carbons (Fsp3) is 0.720. The van der Waals surface area contributed by atoms with Gasteiger partial charge in [0.05, 0.1) is 6.54 Å². The average molecular weight is 490 g/mol. The first-order valence-corrected chi connectivity index (χ1v) is 13.1. The van der Waals surface area contributed by atoms with Crippen LogP contribution in [0.3, 0.4) is 0 Å². The third kappa shape index (κ3) is 6.74. The van der Waals surface area contributed by atoms with Crippen LogP contribution in [0.25, 0.3) is 11.2 Å². The summed E-state index contributed by atoms with van der Waals surface area (Å²) in [4.78, 5) is 22.5. The second kappa shape index (κ2) is 13.1. The maximum absolute atomic E-state index is 13.4. The van der Waals surface area contributed by atoms with Crippen LogP contribution in [0.5, 0.6) is 0 Å². The van der Waals surface area contributed by atoms with E-state index in [1.807, 2.05) is 18.7 Å². The molecule has 2 heterocycles. The van der Waals surface area contributed by atoms with Gasteiger partial charge < -0.3 is 5.32 Å². The standard InChI is InChI=1S/C25H40ClN7O/c1-5-7-17-32-21-22(29-25(32)27-16-19-31(6-2)30(3)4)28-24(26)33(23(21)34)18-12-11-15-20-13-9-8-10-14-20/h20H,6,8-19H2,1-4H3,(H,27,29). The van der Waals surface area contributed by atoms with Crippen molar-refractivity contribution in [3.63, 3.8) is 0 Å². The van der Waals surface area contributed by atoms with Crippen molar-refractivity contribution in [3.8, 4) is 11.8 Å². The van der Waals surface area contributed by atoms with Crippen LogP contribution in [0.4, 0.5) is 5.95 Å². The molecule has 8 nitrogen and oxygen atoms in total. The first-order chi connectivity index (χ1) is 16.5. The summed E-state index contributed by atoms with van der Waals surface area (Å²) in [6.07, 6.45) is 10.1. The van der Waals surface area contributed by atoms with Gasteiger partial charge in [0.2, 0.25) is 11.2 Å². The van der Waals surface area contributed by atoms with Crippen molar-refractivity contribution in [2.24, 2.45) is 5.92 Å². The number of hydrogen-bond acceptors (Lipinski definition) is 6. The van der Waals surface area contributed by atoms with E-state index in [-0.39, 0.29) is 10.8 Å². The maximum Gasteiger partial charge on any atom is 0.280 e. The van der Waals surface area contributed by atoms with Crippen molar-refractivity contribution < 1.29 is 0 Å². The first kappa shape index (κ1) is 26.5. The molecule has 9 heteroatoms. The van der Waals surface area contributed by atoms with Gasteiger partial charge in [0.1, 0.15) is 0 Å². The van der Waals surface area contributed by atoms with Crippen molar-refractivity contribution in [3.05, 3.63) is 15.6 Å². The third-order valence-electron chi connectivity index (χ3n) is 6.78. The fourth-order valence-corrected chi connectivity index (χ4v) is 5.09. The van der Waals surface area contributed by atoms with E-state index in [1.165, 1.54) is 38.5 Å². The molecule has 0 aromatic carbocycles. The van der Waals surface area contributed by atoms with Gasteiger partial charge in [-0.25, -0.2) is 10.0 Å². The topological polar surface area (TPSA) is 71.2 Å². The Kier molecular flexibility index (Phi) is 10.2. The van der Waals surface area contributed by atoms with E-state index in [4.69, 9.17) is 11.6 Å². The minimum Gasteiger partial charge on any atom is -0.354 e. The van der Waals surface area contributed by atoms with E-state index < -0.39 is 0 Å². The number of imidazole rings is 1. The van der Waals surface area contributed by atoms with Gasteiger partial charge >= 0.3 is 0 Å². The lowest BCUT2D eigenvalue weighted by Gasteiger charge is -2.27. The van der Waals surface area contributed by atoms with Gasteiger partial charge in [0.15, 0.2) is 11.2 Å². The summed E-state index contributed by atoms with van der Waals surface area (Å²) in [6.45, 7) is 7.27. The summed E-state index contributed by atoms with van der Waals surface area (Å²) in [6, 6.07) is 0. The Bertz CT molecular complexity index is 1040. The van der Waals surface area contributed by atoms with Gasteiger partial charge in [0.25, 0.3) is 5.56 Å². The molecule has 3 rings (SSSR count). The van der Waals surface area contributed by atoms with E-state index in [0.29, 0.717) is 36.7 Å². The largest absolute Gasteiger partial charge is 0.354 e. The van der Waals surface area contributed by atoms with E-state index in [0.717, 1.165) is 31.8 Å². The van der Waals surface area contributed by atoms with Gasteiger partial charge in [-0.2, -0.15) is 9.97 Å². The minimum absolute atomic E-state index is 0.144. The molecule has 0 radical (unpaired) electrons. The molecular formula is C25H40ClN7O. The molecule has 34 heavy (non-hydrogen) atoms. The summed E-state index contributed by atoms with van der Waals surface area (Å²) >= 11 is 6.44. The molecule has 0 atom stereocenters. The smallest absolute Gasteiger partial charge is 0.280 e. The molecule has 1 aliphatic carbocycles. The normalized spacial score (nSPS) is 14.7. The second-order valence-corrected chi connectivity index (χ2v) is 9.62. The molecule has 2 aromatic rings. The predicted octanol–water partition coefficient (Wildman–Crippen LogP) is 4.23. The zero-order valence-electron chi connectivity index (χ0n) is 21.2.